The summed E-state index contributed by atoms with van der Waals surface area (Å²) < 4.78 is 24.6. The van der Waals surface area contributed by atoms with Crippen molar-refractivity contribution in [1.82, 2.24) is 5.32 Å². The summed E-state index contributed by atoms with van der Waals surface area (Å²) in [5, 5.41) is 1.97. The van der Waals surface area contributed by atoms with Gasteiger partial charge in [0.05, 0.1) is 10.8 Å². The van der Waals surface area contributed by atoms with Crippen LogP contribution in [0.2, 0.25) is 0 Å². The molecule has 1 rings (SSSR count). The molecule has 3 nitrogen and oxygen atoms in total. The lowest BCUT2D eigenvalue weighted by molar-refractivity contribution is -0.120. The summed E-state index contributed by atoms with van der Waals surface area (Å²) in [5.41, 5.74) is 0. The van der Waals surface area contributed by atoms with Crippen molar-refractivity contribution in [1.29, 1.82) is 0 Å². The molecule has 0 radical (unpaired) electrons. The van der Waals surface area contributed by atoms with Gasteiger partial charge in [-0.3, -0.25) is 9.00 Å². The Morgan fingerprint density at radius 1 is 1.44 bits per heavy atom. The van der Waals surface area contributed by atoms with E-state index < -0.39 is 16.0 Å². The smallest absolute Gasteiger partial charge is 0.235 e. The molecule has 16 heavy (non-hydrogen) atoms. The van der Waals surface area contributed by atoms with Crippen LogP contribution in [0.4, 0.5) is 4.39 Å². The lowest BCUT2D eigenvalue weighted by Gasteiger charge is -2.10. The van der Waals surface area contributed by atoms with Crippen LogP contribution in [0.1, 0.15) is 13.8 Å². The van der Waals surface area contributed by atoms with E-state index in [-0.39, 0.29) is 11.7 Å². The van der Waals surface area contributed by atoms with Gasteiger partial charge in [-0.25, -0.2) is 4.39 Å². The fourth-order valence-corrected chi connectivity index (χ4v) is 2.28. The maximum atomic E-state index is 12.7. The minimum absolute atomic E-state index is 0.259. The second-order valence-electron chi connectivity index (χ2n) is 3.29. The van der Waals surface area contributed by atoms with Crippen molar-refractivity contribution in [3.63, 3.8) is 0 Å². The Morgan fingerprint density at radius 2 is 2.00 bits per heavy atom. The third-order valence-electron chi connectivity index (χ3n) is 2.09. The van der Waals surface area contributed by atoms with E-state index >= 15 is 0 Å². The number of carbonyl (C=O) groups is 1. The minimum atomic E-state index is -1.45. The highest BCUT2D eigenvalue weighted by molar-refractivity contribution is 7.86. The van der Waals surface area contributed by atoms with Gasteiger partial charge in [0.2, 0.25) is 5.91 Å². The van der Waals surface area contributed by atoms with Gasteiger partial charge in [-0.15, -0.1) is 0 Å². The van der Waals surface area contributed by atoms with E-state index in [1.165, 1.54) is 24.3 Å². The number of benzene rings is 1. The van der Waals surface area contributed by atoms with Gasteiger partial charge in [0.25, 0.3) is 0 Å². The number of rotatable bonds is 4. The molecule has 0 bridgehead atoms. The van der Waals surface area contributed by atoms with Gasteiger partial charge in [0.1, 0.15) is 11.1 Å². The second kappa shape index (κ2) is 5.75. The summed E-state index contributed by atoms with van der Waals surface area (Å²) in [5.74, 6) is -0.642. The van der Waals surface area contributed by atoms with Gasteiger partial charge in [-0.05, 0) is 38.1 Å². The first-order valence-corrected chi connectivity index (χ1v) is 6.21. The summed E-state index contributed by atoms with van der Waals surface area (Å²) >= 11 is 0. The molecular weight excluding hydrogens is 229 g/mol. The highest BCUT2D eigenvalue weighted by Gasteiger charge is 2.20. The molecule has 0 aliphatic rings. The summed E-state index contributed by atoms with van der Waals surface area (Å²) in [6, 6.07) is 5.33. The van der Waals surface area contributed by atoms with E-state index in [2.05, 4.69) is 5.32 Å². The van der Waals surface area contributed by atoms with Crippen molar-refractivity contribution < 1.29 is 13.4 Å². The third-order valence-corrected chi connectivity index (χ3v) is 3.68. The van der Waals surface area contributed by atoms with Crippen molar-refractivity contribution in [2.75, 3.05) is 6.54 Å². The van der Waals surface area contributed by atoms with E-state index in [0.717, 1.165) is 0 Å². The molecule has 0 saturated heterocycles. The molecule has 88 valence electrons. The van der Waals surface area contributed by atoms with Gasteiger partial charge >= 0.3 is 0 Å². The molecular formula is C11H14FNO2S. The molecule has 0 aliphatic carbocycles. The van der Waals surface area contributed by atoms with Crippen molar-refractivity contribution in [3.05, 3.63) is 30.1 Å². The van der Waals surface area contributed by atoms with Crippen LogP contribution in [-0.2, 0) is 15.6 Å². The first kappa shape index (κ1) is 12.8. The molecule has 0 saturated carbocycles. The summed E-state index contributed by atoms with van der Waals surface area (Å²) in [6.07, 6.45) is 0. The Hall–Kier alpha value is -1.23. The van der Waals surface area contributed by atoms with Crippen LogP contribution < -0.4 is 5.32 Å². The van der Waals surface area contributed by atoms with Gasteiger partial charge in [-0.2, -0.15) is 0 Å². The molecule has 0 aromatic heterocycles. The molecule has 1 N–H and O–H groups in total. The molecule has 0 aliphatic heterocycles. The molecule has 1 aromatic carbocycles. The topological polar surface area (TPSA) is 46.2 Å². The largest absolute Gasteiger partial charge is 0.355 e. The van der Waals surface area contributed by atoms with E-state index in [1.807, 2.05) is 0 Å². The zero-order valence-corrected chi connectivity index (χ0v) is 10.0. The lowest BCUT2D eigenvalue weighted by atomic mass is 10.3. The zero-order chi connectivity index (χ0) is 12.1. The first-order chi connectivity index (χ1) is 7.56. The molecule has 0 fully saturated rings. The molecule has 5 heteroatoms. The summed E-state index contributed by atoms with van der Waals surface area (Å²) in [7, 11) is -1.45. The number of halogens is 1. The lowest BCUT2D eigenvalue weighted by Crippen LogP contribution is -2.35. The zero-order valence-electron chi connectivity index (χ0n) is 9.20. The molecule has 1 amide bonds. The van der Waals surface area contributed by atoms with Crippen LogP contribution in [0.25, 0.3) is 0 Å². The van der Waals surface area contributed by atoms with E-state index in [9.17, 15) is 13.4 Å². The Bertz CT molecular complexity index is 391. The Balaban J connectivity index is 2.78. The predicted molar refractivity (Wildman–Crippen MR) is 61.0 cm³/mol. The van der Waals surface area contributed by atoms with Gasteiger partial charge in [0.15, 0.2) is 0 Å². The number of hydrogen-bond donors (Lipinski definition) is 1. The number of amides is 1. The highest BCUT2D eigenvalue weighted by Crippen LogP contribution is 2.12. The van der Waals surface area contributed by atoms with Crippen molar-refractivity contribution >= 4 is 16.7 Å². The number of hydrogen-bond acceptors (Lipinski definition) is 2. The van der Waals surface area contributed by atoms with Crippen LogP contribution in [-0.4, -0.2) is 21.9 Å². The Labute approximate surface area is 96.5 Å². The second-order valence-corrected chi connectivity index (χ2v) is 5.06. The first-order valence-electron chi connectivity index (χ1n) is 5.00. The van der Waals surface area contributed by atoms with Crippen molar-refractivity contribution in [2.45, 2.75) is 24.0 Å². The van der Waals surface area contributed by atoms with Crippen LogP contribution in [0.15, 0.2) is 29.2 Å². The van der Waals surface area contributed by atoms with E-state index in [0.29, 0.717) is 11.4 Å². The standard InChI is InChI=1S/C11H14FNO2S/c1-3-13-11(14)8(2)16(15)10-6-4-9(12)5-7-10/h4-8H,3H2,1-2H3,(H,13,14). The van der Waals surface area contributed by atoms with Crippen LogP contribution >= 0.6 is 0 Å². The third kappa shape index (κ3) is 3.13. The average molecular weight is 243 g/mol. The van der Waals surface area contributed by atoms with Crippen molar-refractivity contribution in [2.24, 2.45) is 0 Å². The molecule has 1 aromatic rings. The minimum Gasteiger partial charge on any atom is -0.355 e. The van der Waals surface area contributed by atoms with Crippen molar-refractivity contribution in [3.8, 4) is 0 Å². The molecule has 0 spiro atoms. The van der Waals surface area contributed by atoms with Gasteiger partial charge < -0.3 is 5.32 Å². The summed E-state index contributed by atoms with van der Waals surface area (Å²) in [4.78, 5) is 11.9. The van der Waals surface area contributed by atoms with E-state index in [4.69, 9.17) is 0 Å². The fraction of sp³-hybridized carbons (Fsp3) is 0.364. The Kier molecular flexibility index (Phi) is 4.61. The predicted octanol–water partition coefficient (Wildman–Crippen LogP) is 1.46. The number of carbonyl (C=O) groups excluding carboxylic acids is 1. The molecule has 2 unspecified atom stereocenters. The van der Waals surface area contributed by atoms with Gasteiger partial charge in [0, 0.05) is 11.4 Å². The summed E-state index contributed by atoms with van der Waals surface area (Å²) in [6.45, 7) is 3.89. The van der Waals surface area contributed by atoms with Gasteiger partial charge in [-0.1, -0.05) is 0 Å². The maximum absolute atomic E-state index is 12.7. The quantitative estimate of drug-likeness (QED) is 0.870. The van der Waals surface area contributed by atoms with Crippen LogP contribution in [0.5, 0.6) is 0 Å². The van der Waals surface area contributed by atoms with Crippen LogP contribution in [0, 0.1) is 5.82 Å². The monoisotopic (exact) mass is 243 g/mol. The number of nitrogens with one attached hydrogen (secondary N) is 1. The Morgan fingerprint density at radius 3 is 2.50 bits per heavy atom. The van der Waals surface area contributed by atoms with E-state index in [1.54, 1.807) is 13.8 Å². The SMILES string of the molecule is CCNC(=O)C(C)S(=O)c1ccc(F)cc1. The molecule has 0 heterocycles. The fourth-order valence-electron chi connectivity index (χ4n) is 1.19. The average Bonchev–Trinajstić information content (AvgIpc) is 2.28. The highest BCUT2D eigenvalue weighted by atomic mass is 32.2. The maximum Gasteiger partial charge on any atom is 0.235 e. The molecule has 2 atom stereocenters. The normalized spacial score (nSPS) is 14.2. The van der Waals surface area contributed by atoms with Crippen LogP contribution in [0.3, 0.4) is 0 Å².